The van der Waals surface area contributed by atoms with E-state index in [1.165, 1.54) is 4.57 Å². The first-order valence-electron chi connectivity index (χ1n) is 9.52. The average Bonchev–Trinajstić information content (AvgIpc) is 3.27. The summed E-state index contributed by atoms with van der Waals surface area (Å²) < 4.78 is 4.34. The van der Waals surface area contributed by atoms with Gasteiger partial charge in [0.25, 0.3) is 5.91 Å². The molecule has 2 N–H and O–H groups in total. The summed E-state index contributed by atoms with van der Waals surface area (Å²) in [7, 11) is 1.97. The van der Waals surface area contributed by atoms with Gasteiger partial charge in [-0.2, -0.15) is 0 Å². The van der Waals surface area contributed by atoms with Gasteiger partial charge >= 0.3 is 5.69 Å². The predicted octanol–water partition coefficient (Wildman–Crippen LogP) is 2.92. The molecule has 0 fully saturated rings. The number of rotatable bonds is 4. The summed E-state index contributed by atoms with van der Waals surface area (Å²) in [6.45, 7) is 3.91. The molecule has 0 saturated carbocycles. The van der Waals surface area contributed by atoms with Crippen molar-refractivity contribution in [2.45, 2.75) is 19.8 Å². The van der Waals surface area contributed by atoms with Crippen LogP contribution in [-0.2, 0) is 7.05 Å². The highest BCUT2D eigenvalue weighted by molar-refractivity contribution is 5.83. The van der Waals surface area contributed by atoms with Crippen LogP contribution in [0.3, 0.4) is 0 Å². The maximum atomic E-state index is 13.1. The van der Waals surface area contributed by atoms with Gasteiger partial charge in [0.2, 0.25) is 0 Å². The third-order valence-corrected chi connectivity index (χ3v) is 5.13. The second-order valence-electron chi connectivity index (χ2n) is 7.40. The van der Waals surface area contributed by atoms with Crippen molar-refractivity contribution in [3.05, 3.63) is 70.8 Å². The fraction of sp³-hybridized carbons (Fsp3) is 0.227. The van der Waals surface area contributed by atoms with E-state index in [0.717, 1.165) is 26.7 Å². The van der Waals surface area contributed by atoms with Crippen LogP contribution in [0.15, 0.2) is 59.5 Å². The molecule has 0 spiro atoms. The van der Waals surface area contributed by atoms with Gasteiger partial charge in [0, 0.05) is 29.7 Å². The number of aryl methyl sites for hydroxylation is 1. The minimum absolute atomic E-state index is 0.292. The Balaban J connectivity index is 1.98. The van der Waals surface area contributed by atoms with Crippen molar-refractivity contribution in [3.8, 4) is 17.1 Å². The van der Waals surface area contributed by atoms with Crippen molar-refractivity contribution >= 4 is 16.8 Å². The topological polar surface area (TPSA) is 87.8 Å². The SMILES string of the molecule is CC(C)c1cccc(-c2nn(C(=O)CN)c(=O)n2-c2ccc3c(ccn3C)c2)c1. The number of nitrogens with zero attached hydrogens (tertiary/aromatic N) is 4. The molecule has 148 valence electrons. The van der Waals surface area contributed by atoms with Gasteiger partial charge in [-0.1, -0.05) is 32.0 Å². The second kappa shape index (κ2) is 7.18. The largest absolute Gasteiger partial charge is 0.358 e. The van der Waals surface area contributed by atoms with Gasteiger partial charge in [0.05, 0.1) is 12.2 Å². The minimum Gasteiger partial charge on any atom is -0.351 e. The lowest BCUT2D eigenvalue weighted by atomic mass is 10.0. The molecule has 0 bridgehead atoms. The molecule has 0 aliphatic rings. The summed E-state index contributed by atoms with van der Waals surface area (Å²) >= 11 is 0. The number of benzene rings is 2. The molecule has 2 aromatic carbocycles. The standard InChI is InChI=1S/C22H23N5O2/c1-14(2)15-5-4-6-17(11-15)21-24-27(20(28)13-23)22(29)26(21)18-7-8-19-16(12-18)9-10-25(19)3/h4-12,14H,13,23H2,1-3H3. The Bertz CT molecular complexity index is 1280. The highest BCUT2D eigenvalue weighted by atomic mass is 16.2. The zero-order chi connectivity index (χ0) is 20.7. The molecule has 0 radical (unpaired) electrons. The number of carbonyl (C=O) groups excluding carboxylic acids is 1. The number of aromatic nitrogens is 4. The van der Waals surface area contributed by atoms with Crippen LogP contribution in [0.25, 0.3) is 28.0 Å². The summed E-state index contributed by atoms with van der Waals surface area (Å²) in [5, 5.41) is 5.34. The first-order valence-corrected chi connectivity index (χ1v) is 9.52. The highest BCUT2D eigenvalue weighted by Gasteiger charge is 2.21. The van der Waals surface area contributed by atoms with E-state index in [1.54, 1.807) is 0 Å². The molecule has 0 amide bonds. The van der Waals surface area contributed by atoms with Crippen molar-refractivity contribution in [3.63, 3.8) is 0 Å². The molecule has 7 nitrogen and oxygen atoms in total. The van der Waals surface area contributed by atoms with Gasteiger partial charge in [-0.15, -0.1) is 9.78 Å². The first kappa shape index (κ1) is 18.9. The Hall–Kier alpha value is -3.45. The fourth-order valence-corrected chi connectivity index (χ4v) is 3.48. The molecule has 4 aromatic rings. The summed E-state index contributed by atoms with van der Waals surface area (Å²) in [5.41, 5.74) is 8.55. The zero-order valence-corrected chi connectivity index (χ0v) is 16.7. The molecule has 7 heteroatoms. The molecule has 0 atom stereocenters. The van der Waals surface area contributed by atoms with E-state index in [1.807, 2.05) is 66.3 Å². The summed E-state index contributed by atoms with van der Waals surface area (Å²) in [5.74, 6) is 0.189. The number of nitrogens with two attached hydrogens (primary N) is 1. The minimum atomic E-state index is -0.546. The maximum Gasteiger partial charge on any atom is 0.358 e. The van der Waals surface area contributed by atoms with Crippen LogP contribution in [0, 0.1) is 0 Å². The Morgan fingerprint density at radius 2 is 1.93 bits per heavy atom. The van der Waals surface area contributed by atoms with E-state index in [4.69, 9.17) is 5.73 Å². The van der Waals surface area contributed by atoms with Crippen molar-refractivity contribution in [1.82, 2.24) is 18.9 Å². The summed E-state index contributed by atoms with van der Waals surface area (Å²) in [6, 6.07) is 15.6. The number of hydrogen-bond donors (Lipinski definition) is 1. The van der Waals surface area contributed by atoms with E-state index in [9.17, 15) is 9.59 Å². The molecular formula is C22H23N5O2. The number of fused-ring (bicyclic) bond motifs is 1. The molecule has 0 aliphatic heterocycles. The Morgan fingerprint density at radius 3 is 2.66 bits per heavy atom. The van der Waals surface area contributed by atoms with Crippen LogP contribution >= 0.6 is 0 Å². The van der Waals surface area contributed by atoms with Gasteiger partial charge in [0.1, 0.15) is 0 Å². The third-order valence-electron chi connectivity index (χ3n) is 5.13. The quantitative estimate of drug-likeness (QED) is 0.581. The number of carbonyl (C=O) groups is 1. The van der Waals surface area contributed by atoms with E-state index in [0.29, 0.717) is 17.4 Å². The lowest BCUT2D eigenvalue weighted by molar-refractivity contribution is 0.0903. The predicted molar refractivity (Wildman–Crippen MR) is 114 cm³/mol. The van der Waals surface area contributed by atoms with Crippen molar-refractivity contribution in [2.24, 2.45) is 12.8 Å². The fourth-order valence-electron chi connectivity index (χ4n) is 3.48. The monoisotopic (exact) mass is 389 g/mol. The summed E-state index contributed by atoms with van der Waals surface area (Å²) in [4.78, 5) is 25.3. The van der Waals surface area contributed by atoms with Crippen LogP contribution in [0.1, 0.15) is 30.1 Å². The molecule has 4 rings (SSSR count). The van der Waals surface area contributed by atoms with E-state index in [2.05, 4.69) is 18.9 Å². The van der Waals surface area contributed by atoms with Crippen LogP contribution in [0.2, 0.25) is 0 Å². The Kier molecular flexibility index (Phi) is 4.68. The Labute approximate surface area is 168 Å². The molecule has 2 heterocycles. The normalized spacial score (nSPS) is 11.5. The van der Waals surface area contributed by atoms with Crippen molar-refractivity contribution < 1.29 is 4.79 Å². The molecular weight excluding hydrogens is 366 g/mol. The van der Waals surface area contributed by atoms with E-state index in [-0.39, 0.29) is 6.54 Å². The van der Waals surface area contributed by atoms with Crippen molar-refractivity contribution in [1.29, 1.82) is 0 Å². The Morgan fingerprint density at radius 1 is 1.14 bits per heavy atom. The highest BCUT2D eigenvalue weighted by Crippen LogP contribution is 2.25. The van der Waals surface area contributed by atoms with E-state index >= 15 is 0 Å². The lowest BCUT2D eigenvalue weighted by Gasteiger charge is -2.09. The van der Waals surface area contributed by atoms with Gasteiger partial charge in [-0.3, -0.25) is 4.79 Å². The maximum absolute atomic E-state index is 13.1. The van der Waals surface area contributed by atoms with Crippen LogP contribution < -0.4 is 11.4 Å². The molecule has 2 aromatic heterocycles. The molecule has 0 saturated heterocycles. The van der Waals surface area contributed by atoms with Gasteiger partial charge < -0.3 is 10.3 Å². The molecule has 29 heavy (non-hydrogen) atoms. The van der Waals surface area contributed by atoms with Crippen LogP contribution in [-0.4, -0.2) is 31.4 Å². The van der Waals surface area contributed by atoms with Gasteiger partial charge in [-0.25, -0.2) is 9.36 Å². The van der Waals surface area contributed by atoms with Crippen LogP contribution in [0.5, 0.6) is 0 Å². The second-order valence-corrected chi connectivity index (χ2v) is 7.40. The van der Waals surface area contributed by atoms with Gasteiger partial charge in [0.15, 0.2) is 5.82 Å². The molecule has 0 unspecified atom stereocenters. The number of hydrogen-bond acceptors (Lipinski definition) is 4. The third kappa shape index (κ3) is 3.19. The smallest absolute Gasteiger partial charge is 0.351 e. The van der Waals surface area contributed by atoms with Crippen LogP contribution in [0.4, 0.5) is 0 Å². The van der Waals surface area contributed by atoms with Gasteiger partial charge in [-0.05, 0) is 41.8 Å². The lowest BCUT2D eigenvalue weighted by Crippen LogP contribution is -2.33. The zero-order valence-electron chi connectivity index (χ0n) is 16.7. The first-order chi connectivity index (χ1) is 13.9. The van der Waals surface area contributed by atoms with Crippen molar-refractivity contribution in [2.75, 3.05) is 6.54 Å². The summed E-state index contributed by atoms with van der Waals surface area (Å²) in [6.07, 6.45) is 1.96. The average molecular weight is 389 g/mol. The molecule has 0 aliphatic carbocycles. The van der Waals surface area contributed by atoms with E-state index < -0.39 is 11.6 Å².